The Morgan fingerprint density at radius 2 is 1.81 bits per heavy atom. The second kappa shape index (κ2) is 12.1. The number of benzene rings is 1. The van der Waals surface area contributed by atoms with Crippen molar-refractivity contribution in [3.05, 3.63) is 62.5 Å². The lowest BCUT2D eigenvalue weighted by Gasteiger charge is -2.13. The summed E-state index contributed by atoms with van der Waals surface area (Å²) in [5.74, 6) is 1.32. The number of hydrogen-bond donors (Lipinski definition) is 1. The van der Waals surface area contributed by atoms with Gasteiger partial charge in [-0.1, -0.05) is 30.7 Å². The first-order valence-corrected chi connectivity index (χ1v) is 13.4. The number of nitrogens with zero attached hydrogens (tertiary/aromatic N) is 4. The van der Waals surface area contributed by atoms with Crippen LogP contribution in [-0.4, -0.2) is 59.4 Å². The van der Waals surface area contributed by atoms with Crippen LogP contribution in [0.25, 0.3) is 5.00 Å². The highest BCUT2D eigenvalue weighted by atomic mass is 35.5. The maximum atomic E-state index is 12.9. The van der Waals surface area contributed by atoms with Gasteiger partial charge in [0, 0.05) is 34.2 Å². The molecule has 4 rings (SSSR count). The molecule has 2 aromatic heterocycles. The number of rotatable bonds is 11. The number of aryl methyl sites for hydroxylation is 2. The highest BCUT2D eigenvalue weighted by Crippen LogP contribution is 2.39. The molecule has 10 heteroatoms. The highest BCUT2D eigenvalue weighted by Gasteiger charge is 2.32. The fourth-order valence-corrected chi connectivity index (χ4v) is 5.45. The van der Waals surface area contributed by atoms with Gasteiger partial charge in [0.1, 0.15) is 16.9 Å². The number of amides is 1. The van der Waals surface area contributed by atoms with E-state index in [0.29, 0.717) is 37.2 Å². The van der Waals surface area contributed by atoms with Crippen LogP contribution in [0.1, 0.15) is 59.0 Å². The molecule has 0 spiro atoms. The Hall–Kier alpha value is -2.59. The summed E-state index contributed by atoms with van der Waals surface area (Å²) in [6.07, 6.45) is 1.14. The Morgan fingerprint density at radius 3 is 2.53 bits per heavy atom. The van der Waals surface area contributed by atoms with Crippen molar-refractivity contribution in [2.45, 2.75) is 46.6 Å². The van der Waals surface area contributed by atoms with E-state index in [2.05, 4.69) is 36.3 Å². The lowest BCUT2D eigenvalue weighted by Crippen LogP contribution is -2.29. The van der Waals surface area contributed by atoms with Crippen LogP contribution in [-0.2, 0) is 14.3 Å². The number of halogens is 1. The Kier molecular flexibility index (Phi) is 8.90. The molecule has 0 bridgehead atoms. The van der Waals surface area contributed by atoms with Crippen LogP contribution in [0.15, 0.2) is 29.3 Å². The van der Waals surface area contributed by atoms with E-state index in [0.717, 1.165) is 46.3 Å². The zero-order chi connectivity index (χ0) is 25.7. The number of fused-ring (bicyclic) bond motifs is 3. The third-order valence-electron chi connectivity index (χ3n) is 6.02. The Bertz CT molecular complexity index is 1240. The van der Waals surface area contributed by atoms with Crippen molar-refractivity contribution < 1.29 is 14.3 Å². The van der Waals surface area contributed by atoms with E-state index in [1.54, 1.807) is 11.3 Å². The summed E-state index contributed by atoms with van der Waals surface area (Å²) < 4.78 is 13.0. The summed E-state index contributed by atoms with van der Waals surface area (Å²) >= 11 is 7.85. The van der Waals surface area contributed by atoms with E-state index >= 15 is 0 Å². The van der Waals surface area contributed by atoms with E-state index in [1.807, 2.05) is 35.8 Å². The highest BCUT2D eigenvalue weighted by molar-refractivity contribution is 7.15. The average molecular weight is 530 g/mol. The van der Waals surface area contributed by atoms with Gasteiger partial charge < -0.3 is 14.8 Å². The Balaban J connectivity index is 1.56. The fourth-order valence-electron chi connectivity index (χ4n) is 4.11. The molecule has 0 radical (unpaired) electrons. The molecule has 0 fully saturated rings. The van der Waals surface area contributed by atoms with Crippen molar-refractivity contribution in [1.29, 1.82) is 0 Å². The SMILES string of the molecule is CCCOCCOCCNC(=O)C[C@H]1N=C(c2ccc(Cl)cc2)c2c(sc(C)c2C)-n2c(C)nnc21. The van der Waals surface area contributed by atoms with E-state index < -0.39 is 6.04 Å². The number of aromatic nitrogens is 3. The van der Waals surface area contributed by atoms with Gasteiger partial charge in [-0.2, -0.15) is 0 Å². The van der Waals surface area contributed by atoms with Gasteiger partial charge in [-0.25, -0.2) is 0 Å². The second-order valence-electron chi connectivity index (χ2n) is 8.68. The average Bonchev–Trinajstić information content (AvgIpc) is 3.33. The van der Waals surface area contributed by atoms with Crippen molar-refractivity contribution in [1.82, 2.24) is 20.1 Å². The van der Waals surface area contributed by atoms with Crippen LogP contribution in [0.5, 0.6) is 0 Å². The van der Waals surface area contributed by atoms with Crippen LogP contribution in [0.3, 0.4) is 0 Å². The Morgan fingerprint density at radius 1 is 1.08 bits per heavy atom. The molecule has 3 heterocycles. The third kappa shape index (κ3) is 5.86. The lowest BCUT2D eigenvalue weighted by molar-refractivity contribution is -0.121. The second-order valence-corrected chi connectivity index (χ2v) is 10.3. The van der Waals surface area contributed by atoms with Crippen LogP contribution in [0.2, 0.25) is 5.02 Å². The molecule has 1 aromatic carbocycles. The van der Waals surface area contributed by atoms with Gasteiger partial charge in [-0.15, -0.1) is 21.5 Å². The van der Waals surface area contributed by atoms with Crippen LogP contribution >= 0.6 is 22.9 Å². The van der Waals surface area contributed by atoms with Gasteiger partial charge in [-0.3, -0.25) is 14.4 Å². The topological polar surface area (TPSA) is 90.6 Å². The first kappa shape index (κ1) is 26.5. The Labute approximate surface area is 220 Å². The molecule has 1 atom stereocenters. The molecule has 0 saturated carbocycles. The summed E-state index contributed by atoms with van der Waals surface area (Å²) in [7, 11) is 0. The van der Waals surface area contributed by atoms with Crippen molar-refractivity contribution >= 4 is 34.6 Å². The zero-order valence-corrected chi connectivity index (χ0v) is 22.7. The molecular formula is C26H32ClN5O3S. The molecule has 1 N–H and O–H groups in total. The van der Waals surface area contributed by atoms with Crippen LogP contribution < -0.4 is 5.32 Å². The molecule has 0 unspecified atom stereocenters. The molecule has 0 aliphatic carbocycles. The quantitative estimate of drug-likeness (QED) is 0.362. The van der Waals surface area contributed by atoms with Gasteiger partial charge in [0.25, 0.3) is 0 Å². The van der Waals surface area contributed by atoms with E-state index in [-0.39, 0.29) is 12.3 Å². The van der Waals surface area contributed by atoms with Gasteiger partial charge in [0.15, 0.2) is 5.82 Å². The standard InChI is InChI=1S/C26H32ClN5O3S/c1-5-11-34-13-14-35-12-10-28-22(33)15-21-25-31-30-18(4)32(25)26-23(16(2)17(3)36-26)24(29-21)19-6-8-20(27)9-7-19/h6-9,21H,5,10-15H2,1-4H3,(H,28,33)/t21-/m1/s1. The van der Waals surface area contributed by atoms with Crippen LogP contribution in [0.4, 0.5) is 0 Å². The maximum Gasteiger partial charge on any atom is 0.222 e. The smallest absolute Gasteiger partial charge is 0.222 e. The summed E-state index contributed by atoms with van der Waals surface area (Å²) in [4.78, 5) is 19.2. The molecule has 8 nitrogen and oxygen atoms in total. The zero-order valence-electron chi connectivity index (χ0n) is 21.1. The molecule has 3 aromatic rings. The number of ether oxygens (including phenoxy) is 2. The number of carbonyl (C=O) groups is 1. The van der Waals surface area contributed by atoms with E-state index in [4.69, 9.17) is 26.1 Å². The predicted octanol–water partition coefficient (Wildman–Crippen LogP) is 4.75. The minimum absolute atomic E-state index is 0.115. The number of nitrogens with one attached hydrogen (secondary N) is 1. The number of hydrogen-bond acceptors (Lipinski definition) is 7. The summed E-state index contributed by atoms with van der Waals surface area (Å²) in [5, 5.41) is 13.4. The minimum Gasteiger partial charge on any atom is -0.379 e. The van der Waals surface area contributed by atoms with E-state index in [1.165, 1.54) is 4.88 Å². The molecular weight excluding hydrogens is 498 g/mol. The van der Waals surface area contributed by atoms with Crippen molar-refractivity contribution in [2.24, 2.45) is 4.99 Å². The first-order chi connectivity index (χ1) is 17.4. The van der Waals surface area contributed by atoms with Crippen LogP contribution in [0, 0.1) is 20.8 Å². The molecule has 1 aliphatic heterocycles. The van der Waals surface area contributed by atoms with Crippen molar-refractivity contribution in [2.75, 3.05) is 33.0 Å². The molecule has 1 amide bonds. The van der Waals surface area contributed by atoms with Crippen molar-refractivity contribution in [3.63, 3.8) is 0 Å². The number of carbonyl (C=O) groups excluding carboxylic acids is 1. The maximum absolute atomic E-state index is 12.9. The van der Waals surface area contributed by atoms with Gasteiger partial charge >= 0.3 is 0 Å². The van der Waals surface area contributed by atoms with E-state index in [9.17, 15) is 4.79 Å². The monoisotopic (exact) mass is 529 g/mol. The van der Waals surface area contributed by atoms with Gasteiger partial charge in [0.05, 0.1) is 32.0 Å². The molecule has 192 valence electrons. The largest absolute Gasteiger partial charge is 0.379 e. The number of thiophene rings is 1. The predicted molar refractivity (Wildman–Crippen MR) is 143 cm³/mol. The molecule has 36 heavy (non-hydrogen) atoms. The summed E-state index contributed by atoms with van der Waals surface area (Å²) in [6, 6.07) is 7.17. The summed E-state index contributed by atoms with van der Waals surface area (Å²) in [5.41, 5.74) is 3.99. The fraction of sp³-hybridized carbons (Fsp3) is 0.462. The van der Waals surface area contributed by atoms with Gasteiger partial charge in [0.2, 0.25) is 5.91 Å². The molecule has 1 aliphatic rings. The molecule has 0 saturated heterocycles. The first-order valence-electron chi connectivity index (χ1n) is 12.2. The third-order valence-corrected chi connectivity index (χ3v) is 7.47. The summed E-state index contributed by atoms with van der Waals surface area (Å²) in [6.45, 7) is 10.9. The minimum atomic E-state index is -0.487. The van der Waals surface area contributed by atoms with Crippen molar-refractivity contribution in [3.8, 4) is 5.00 Å². The normalized spacial score (nSPS) is 14.7. The van der Waals surface area contributed by atoms with Gasteiger partial charge in [-0.05, 0) is 44.9 Å². The number of aliphatic imine (C=N–C) groups is 1. The lowest BCUT2D eigenvalue weighted by atomic mass is 9.99.